The smallest absolute Gasteiger partial charge is 0.147 e. The van der Waals surface area contributed by atoms with Gasteiger partial charge in [0.15, 0.2) is 0 Å². The molecule has 0 saturated carbocycles. The van der Waals surface area contributed by atoms with Crippen LogP contribution in [-0.4, -0.2) is 50.8 Å². The minimum absolute atomic E-state index is 0.973. The summed E-state index contributed by atoms with van der Waals surface area (Å²) in [5.41, 5.74) is 2.25. The van der Waals surface area contributed by atoms with E-state index in [1.165, 1.54) is 5.56 Å². The molecule has 1 saturated heterocycles. The second-order valence-electron chi connectivity index (χ2n) is 5.66. The van der Waals surface area contributed by atoms with Crippen LogP contribution in [0, 0.1) is 6.92 Å². The number of anilines is 1. The molecule has 1 fully saturated rings. The molecule has 0 bridgehead atoms. The third-order valence-electron chi connectivity index (χ3n) is 3.82. The predicted molar refractivity (Wildman–Crippen MR) is 82.1 cm³/mol. The zero-order valence-electron chi connectivity index (χ0n) is 12.7. The van der Waals surface area contributed by atoms with Crippen LogP contribution in [-0.2, 0) is 13.6 Å². The normalized spacial score (nSPS) is 17.0. The van der Waals surface area contributed by atoms with Crippen molar-refractivity contribution in [2.75, 3.05) is 31.1 Å². The Morgan fingerprint density at radius 3 is 2.76 bits per heavy atom. The highest BCUT2D eigenvalue weighted by Gasteiger charge is 2.16. The SMILES string of the molecule is Cc1cncc(N2CCCN(Cc3cnn(C)c3)CC2)n1. The quantitative estimate of drug-likeness (QED) is 0.849. The van der Waals surface area contributed by atoms with Gasteiger partial charge in [0, 0.05) is 57.7 Å². The minimum atomic E-state index is 0.973. The molecule has 2 aromatic heterocycles. The van der Waals surface area contributed by atoms with Crippen LogP contribution >= 0.6 is 0 Å². The Hall–Kier alpha value is -1.95. The van der Waals surface area contributed by atoms with Crippen molar-refractivity contribution < 1.29 is 0 Å². The number of aromatic nitrogens is 4. The first-order valence-electron chi connectivity index (χ1n) is 7.44. The van der Waals surface area contributed by atoms with Crippen molar-refractivity contribution in [1.29, 1.82) is 0 Å². The lowest BCUT2D eigenvalue weighted by molar-refractivity contribution is 0.285. The molecule has 0 aliphatic carbocycles. The van der Waals surface area contributed by atoms with Crippen LogP contribution in [0.2, 0.25) is 0 Å². The van der Waals surface area contributed by atoms with Crippen molar-refractivity contribution in [3.05, 3.63) is 36.0 Å². The van der Waals surface area contributed by atoms with Crippen molar-refractivity contribution >= 4 is 5.82 Å². The van der Waals surface area contributed by atoms with E-state index in [9.17, 15) is 0 Å². The molecule has 112 valence electrons. The molecule has 6 nitrogen and oxygen atoms in total. The summed E-state index contributed by atoms with van der Waals surface area (Å²) in [4.78, 5) is 13.7. The summed E-state index contributed by atoms with van der Waals surface area (Å²) in [5, 5.41) is 4.24. The summed E-state index contributed by atoms with van der Waals surface area (Å²) in [7, 11) is 1.96. The molecule has 0 N–H and O–H groups in total. The van der Waals surface area contributed by atoms with Gasteiger partial charge in [-0.25, -0.2) is 4.98 Å². The Labute approximate surface area is 125 Å². The van der Waals surface area contributed by atoms with E-state index in [4.69, 9.17) is 0 Å². The van der Waals surface area contributed by atoms with Gasteiger partial charge < -0.3 is 4.90 Å². The molecule has 0 spiro atoms. The van der Waals surface area contributed by atoms with E-state index in [0.29, 0.717) is 0 Å². The van der Waals surface area contributed by atoms with E-state index in [-0.39, 0.29) is 0 Å². The minimum Gasteiger partial charge on any atom is -0.354 e. The molecule has 0 unspecified atom stereocenters. The first-order valence-corrected chi connectivity index (χ1v) is 7.44. The molecule has 1 aliphatic heterocycles. The summed E-state index contributed by atoms with van der Waals surface area (Å²) in [6, 6.07) is 0. The standard InChI is InChI=1S/C15H22N6/c1-13-8-16-10-15(18-13)21-5-3-4-20(6-7-21)12-14-9-17-19(2)11-14/h8-11H,3-7,12H2,1-2H3. The second-order valence-corrected chi connectivity index (χ2v) is 5.66. The van der Waals surface area contributed by atoms with E-state index < -0.39 is 0 Å². The van der Waals surface area contributed by atoms with Crippen LogP contribution in [0.3, 0.4) is 0 Å². The summed E-state index contributed by atoms with van der Waals surface area (Å²) in [6.07, 6.45) is 8.86. The van der Waals surface area contributed by atoms with Gasteiger partial charge in [-0.15, -0.1) is 0 Å². The molecule has 0 amide bonds. The average molecular weight is 286 g/mol. The largest absolute Gasteiger partial charge is 0.354 e. The van der Waals surface area contributed by atoms with Gasteiger partial charge in [-0.05, 0) is 13.3 Å². The first-order chi connectivity index (χ1) is 10.2. The highest BCUT2D eigenvalue weighted by molar-refractivity contribution is 5.36. The fourth-order valence-electron chi connectivity index (χ4n) is 2.77. The van der Waals surface area contributed by atoms with Gasteiger partial charge in [-0.2, -0.15) is 5.10 Å². The summed E-state index contributed by atoms with van der Waals surface area (Å²) >= 11 is 0. The van der Waals surface area contributed by atoms with Crippen molar-refractivity contribution in [3.8, 4) is 0 Å². The molecule has 6 heteroatoms. The number of hydrogen-bond acceptors (Lipinski definition) is 5. The lowest BCUT2D eigenvalue weighted by Crippen LogP contribution is -2.31. The summed E-state index contributed by atoms with van der Waals surface area (Å²) in [5.74, 6) is 0.998. The number of hydrogen-bond donors (Lipinski definition) is 0. The van der Waals surface area contributed by atoms with E-state index in [1.807, 2.05) is 31.0 Å². The van der Waals surface area contributed by atoms with Gasteiger partial charge in [0.2, 0.25) is 0 Å². The Kier molecular flexibility index (Phi) is 4.15. The molecular weight excluding hydrogens is 264 g/mol. The van der Waals surface area contributed by atoms with Crippen molar-refractivity contribution in [3.63, 3.8) is 0 Å². The maximum absolute atomic E-state index is 4.58. The number of nitrogens with zero attached hydrogens (tertiary/aromatic N) is 6. The number of rotatable bonds is 3. The monoisotopic (exact) mass is 286 g/mol. The van der Waals surface area contributed by atoms with Crippen molar-refractivity contribution in [1.82, 2.24) is 24.6 Å². The van der Waals surface area contributed by atoms with Crippen LogP contribution in [0.15, 0.2) is 24.8 Å². The van der Waals surface area contributed by atoms with Crippen LogP contribution in [0.25, 0.3) is 0 Å². The van der Waals surface area contributed by atoms with E-state index in [1.54, 1.807) is 6.20 Å². The molecule has 0 atom stereocenters. The lowest BCUT2D eigenvalue weighted by Gasteiger charge is -2.22. The van der Waals surface area contributed by atoms with E-state index >= 15 is 0 Å². The van der Waals surface area contributed by atoms with Crippen LogP contribution < -0.4 is 4.90 Å². The van der Waals surface area contributed by atoms with Gasteiger partial charge in [0.1, 0.15) is 5.82 Å². The molecular formula is C15H22N6. The van der Waals surface area contributed by atoms with E-state index in [0.717, 1.165) is 50.7 Å². The Bertz CT molecular complexity index is 593. The highest BCUT2D eigenvalue weighted by atomic mass is 15.3. The Morgan fingerprint density at radius 1 is 1.10 bits per heavy atom. The fraction of sp³-hybridized carbons (Fsp3) is 0.533. The number of aryl methyl sites for hydroxylation is 2. The maximum Gasteiger partial charge on any atom is 0.147 e. The predicted octanol–water partition coefficient (Wildman–Crippen LogP) is 1.23. The molecule has 2 aromatic rings. The highest BCUT2D eigenvalue weighted by Crippen LogP contribution is 2.14. The van der Waals surface area contributed by atoms with E-state index in [2.05, 4.69) is 31.1 Å². The Morgan fingerprint density at radius 2 is 2.00 bits per heavy atom. The van der Waals surface area contributed by atoms with Crippen molar-refractivity contribution in [2.45, 2.75) is 19.9 Å². The molecule has 3 heterocycles. The third-order valence-corrected chi connectivity index (χ3v) is 3.82. The average Bonchev–Trinajstić information content (AvgIpc) is 2.73. The second kappa shape index (κ2) is 6.22. The van der Waals surface area contributed by atoms with Gasteiger partial charge >= 0.3 is 0 Å². The third kappa shape index (κ3) is 3.58. The van der Waals surface area contributed by atoms with Crippen LogP contribution in [0.1, 0.15) is 17.7 Å². The zero-order chi connectivity index (χ0) is 14.7. The van der Waals surface area contributed by atoms with Crippen LogP contribution in [0.5, 0.6) is 0 Å². The van der Waals surface area contributed by atoms with Gasteiger partial charge in [0.05, 0.1) is 18.1 Å². The fourth-order valence-corrected chi connectivity index (χ4v) is 2.77. The van der Waals surface area contributed by atoms with Gasteiger partial charge in [0.25, 0.3) is 0 Å². The molecule has 0 radical (unpaired) electrons. The molecule has 21 heavy (non-hydrogen) atoms. The molecule has 1 aliphatic rings. The molecule has 3 rings (SSSR count). The summed E-state index contributed by atoms with van der Waals surface area (Å²) < 4.78 is 1.86. The maximum atomic E-state index is 4.58. The van der Waals surface area contributed by atoms with Gasteiger partial charge in [-0.3, -0.25) is 14.6 Å². The zero-order valence-corrected chi connectivity index (χ0v) is 12.7. The van der Waals surface area contributed by atoms with Gasteiger partial charge in [-0.1, -0.05) is 0 Å². The molecule has 0 aromatic carbocycles. The Balaban J connectivity index is 1.61. The van der Waals surface area contributed by atoms with Crippen LogP contribution in [0.4, 0.5) is 5.82 Å². The topological polar surface area (TPSA) is 50.1 Å². The first kappa shape index (κ1) is 14.0. The lowest BCUT2D eigenvalue weighted by atomic mass is 10.3. The van der Waals surface area contributed by atoms with Crippen molar-refractivity contribution in [2.24, 2.45) is 7.05 Å². The summed E-state index contributed by atoms with van der Waals surface area (Å²) in [6.45, 7) is 7.17.